The van der Waals surface area contributed by atoms with Crippen LogP contribution in [-0.4, -0.2) is 37.0 Å². The Morgan fingerprint density at radius 2 is 2.14 bits per heavy atom. The van der Waals surface area contributed by atoms with Gasteiger partial charge in [-0.2, -0.15) is 0 Å². The summed E-state index contributed by atoms with van der Waals surface area (Å²) >= 11 is 0. The lowest BCUT2D eigenvalue weighted by Crippen LogP contribution is -2.41. The molecule has 1 aromatic rings. The lowest BCUT2D eigenvalue weighted by Gasteiger charge is -2.29. The molecule has 1 aliphatic carbocycles. The second-order valence-electron chi connectivity index (χ2n) is 6.43. The van der Waals surface area contributed by atoms with Crippen LogP contribution < -0.4 is 5.32 Å². The van der Waals surface area contributed by atoms with Crippen molar-refractivity contribution >= 4 is 5.91 Å². The highest BCUT2D eigenvalue weighted by Crippen LogP contribution is 2.34. The Hall–Kier alpha value is -1.35. The summed E-state index contributed by atoms with van der Waals surface area (Å²) in [6.45, 7) is 1.87. The van der Waals surface area contributed by atoms with E-state index in [1.165, 1.54) is 24.0 Å². The lowest BCUT2D eigenvalue weighted by atomic mass is 9.81. The monoisotopic (exact) mass is 286 g/mol. The SMILES string of the molecule is CNCC1CCCN1C(=O)CC1CCCc2ccccc21. The Labute approximate surface area is 127 Å². The predicted octanol–water partition coefficient (Wildman–Crippen LogP) is 2.71. The number of benzene rings is 1. The summed E-state index contributed by atoms with van der Waals surface area (Å²) in [7, 11) is 1.97. The van der Waals surface area contributed by atoms with Gasteiger partial charge in [-0.25, -0.2) is 0 Å². The van der Waals surface area contributed by atoms with Gasteiger partial charge < -0.3 is 10.2 Å². The molecule has 2 atom stereocenters. The number of nitrogens with one attached hydrogen (secondary N) is 1. The van der Waals surface area contributed by atoms with Crippen molar-refractivity contribution in [3.63, 3.8) is 0 Å². The summed E-state index contributed by atoms with van der Waals surface area (Å²) in [5.74, 6) is 0.785. The zero-order chi connectivity index (χ0) is 14.7. The van der Waals surface area contributed by atoms with Crippen LogP contribution in [-0.2, 0) is 11.2 Å². The number of hydrogen-bond donors (Lipinski definition) is 1. The normalized spacial score (nSPS) is 24.9. The van der Waals surface area contributed by atoms with Crippen LogP contribution >= 0.6 is 0 Å². The Bertz CT molecular complexity index is 500. The number of rotatable bonds is 4. The maximum atomic E-state index is 12.7. The van der Waals surface area contributed by atoms with Crippen molar-refractivity contribution < 1.29 is 4.79 Å². The molecule has 21 heavy (non-hydrogen) atoms. The number of nitrogens with zero attached hydrogens (tertiary/aromatic N) is 1. The maximum Gasteiger partial charge on any atom is 0.223 e. The van der Waals surface area contributed by atoms with E-state index < -0.39 is 0 Å². The Balaban J connectivity index is 1.68. The van der Waals surface area contributed by atoms with E-state index >= 15 is 0 Å². The van der Waals surface area contributed by atoms with Gasteiger partial charge in [-0.15, -0.1) is 0 Å². The van der Waals surface area contributed by atoms with Crippen molar-refractivity contribution in [1.29, 1.82) is 0 Å². The molecule has 2 unspecified atom stereocenters. The summed E-state index contributed by atoms with van der Waals surface area (Å²) in [6, 6.07) is 9.09. The van der Waals surface area contributed by atoms with Gasteiger partial charge in [0.1, 0.15) is 0 Å². The number of carbonyl (C=O) groups excluding carboxylic acids is 1. The van der Waals surface area contributed by atoms with Gasteiger partial charge in [0, 0.05) is 25.6 Å². The first-order chi connectivity index (χ1) is 10.3. The fourth-order valence-electron chi connectivity index (χ4n) is 4.01. The zero-order valence-corrected chi connectivity index (χ0v) is 13.0. The van der Waals surface area contributed by atoms with Gasteiger partial charge in [0.2, 0.25) is 5.91 Å². The number of amides is 1. The highest BCUT2D eigenvalue weighted by Gasteiger charge is 2.30. The smallest absolute Gasteiger partial charge is 0.223 e. The molecule has 3 rings (SSSR count). The lowest BCUT2D eigenvalue weighted by molar-refractivity contribution is -0.132. The zero-order valence-electron chi connectivity index (χ0n) is 13.0. The van der Waals surface area contributed by atoms with E-state index in [0.29, 0.717) is 24.3 Å². The topological polar surface area (TPSA) is 32.3 Å². The molecule has 1 fully saturated rings. The van der Waals surface area contributed by atoms with E-state index in [0.717, 1.165) is 32.4 Å². The van der Waals surface area contributed by atoms with Crippen LogP contribution in [0.1, 0.15) is 49.1 Å². The Morgan fingerprint density at radius 1 is 1.29 bits per heavy atom. The molecule has 114 valence electrons. The fraction of sp³-hybridized carbons (Fsp3) is 0.611. The summed E-state index contributed by atoms with van der Waals surface area (Å²) < 4.78 is 0. The average molecular weight is 286 g/mol. The van der Waals surface area contributed by atoms with Crippen molar-refractivity contribution in [2.75, 3.05) is 20.1 Å². The molecule has 0 spiro atoms. The van der Waals surface area contributed by atoms with Gasteiger partial charge in [0.05, 0.1) is 0 Å². The van der Waals surface area contributed by atoms with Crippen molar-refractivity contribution in [3.8, 4) is 0 Å². The minimum atomic E-state index is 0.356. The molecule has 1 heterocycles. The first kappa shape index (κ1) is 14.6. The van der Waals surface area contributed by atoms with Crippen LogP contribution in [0.4, 0.5) is 0 Å². The Kier molecular flexibility index (Phi) is 4.59. The summed E-state index contributed by atoms with van der Waals surface area (Å²) in [6.07, 6.45) is 6.54. The molecule has 0 aromatic heterocycles. The van der Waals surface area contributed by atoms with E-state index in [4.69, 9.17) is 0 Å². The molecule has 1 aromatic carbocycles. The van der Waals surface area contributed by atoms with Crippen LogP contribution in [0.15, 0.2) is 24.3 Å². The van der Waals surface area contributed by atoms with Crippen molar-refractivity contribution in [3.05, 3.63) is 35.4 Å². The molecule has 1 aliphatic heterocycles. The molecule has 3 nitrogen and oxygen atoms in total. The highest BCUT2D eigenvalue weighted by molar-refractivity contribution is 5.78. The van der Waals surface area contributed by atoms with Crippen LogP contribution in [0.3, 0.4) is 0 Å². The van der Waals surface area contributed by atoms with Gasteiger partial charge in [0.25, 0.3) is 0 Å². The number of hydrogen-bond acceptors (Lipinski definition) is 2. The van der Waals surface area contributed by atoms with Crippen LogP contribution in [0.5, 0.6) is 0 Å². The van der Waals surface area contributed by atoms with Gasteiger partial charge >= 0.3 is 0 Å². The molecule has 1 N–H and O–H groups in total. The molecule has 3 heteroatoms. The minimum absolute atomic E-state index is 0.356. The molecular weight excluding hydrogens is 260 g/mol. The molecular formula is C18H26N2O. The first-order valence-electron chi connectivity index (χ1n) is 8.31. The van der Waals surface area contributed by atoms with Crippen LogP contribution in [0.2, 0.25) is 0 Å². The van der Waals surface area contributed by atoms with Crippen LogP contribution in [0, 0.1) is 0 Å². The summed E-state index contributed by atoms with van der Waals surface area (Å²) in [5.41, 5.74) is 2.87. The van der Waals surface area contributed by atoms with Gasteiger partial charge in [0.15, 0.2) is 0 Å². The van der Waals surface area contributed by atoms with Crippen molar-refractivity contribution in [1.82, 2.24) is 10.2 Å². The number of aryl methyl sites for hydroxylation is 1. The molecule has 0 bridgehead atoms. The minimum Gasteiger partial charge on any atom is -0.338 e. The summed E-state index contributed by atoms with van der Waals surface area (Å²) in [4.78, 5) is 14.8. The number of fused-ring (bicyclic) bond motifs is 1. The number of likely N-dealkylation sites (N-methyl/N-ethyl adjacent to an activating group) is 1. The van der Waals surface area contributed by atoms with E-state index in [-0.39, 0.29) is 0 Å². The largest absolute Gasteiger partial charge is 0.338 e. The fourth-order valence-corrected chi connectivity index (χ4v) is 4.01. The molecule has 2 aliphatic rings. The standard InChI is InChI=1S/C18H26N2O/c1-19-13-16-9-5-11-20(16)18(21)12-15-8-4-7-14-6-2-3-10-17(14)15/h2-3,6,10,15-16,19H,4-5,7-9,11-13H2,1H3. The molecule has 0 saturated carbocycles. The van der Waals surface area contributed by atoms with E-state index in [9.17, 15) is 4.79 Å². The van der Waals surface area contributed by atoms with E-state index in [1.807, 2.05) is 7.05 Å². The third-order valence-corrected chi connectivity index (χ3v) is 5.05. The second kappa shape index (κ2) is 6.61. The molecule has 0 radical (unpaired) electrons. The maximum absolute atomic E-state index is 12.7. The van der Waals surface area contributed by atoms with Crippen molar-refractivity contribution in [2.24, 2.45) is 0 Å². The third kappa shape index (κ3) is 3.13. The van der Waals surface area contributed by atoms with E-state index in [1.54, 1.807) is 0 Å². The highest BCUT2D eigenvalue weighted by atomic mass is 16.2. The van der Waals surface area contributed by atoms with Crippen molar-refractivity contribution in [2.45, 2.75) is 50.5 Å². The molecule has 1 amide bonds. The average Bonchev–Trinajstić information content (AvgIpc) is 2.96. The summed E-state index contributed by atoms with van der Waals surface area (Å²) in [5, 5.41) is 3.22. The third-order valence-electron chi connectivity index (χ3n) is 5.05. The number of likely N-dealkylation sites (tertiary alicyclic amines) is 1. The van der Waals surface area contributed by atoms with E-state index in [2.05, 4.69) is 34.5 Å². The van der Waals surface area contributed by atoms with Gasteiger partial charge in [-0.1, -0.05) is 24.3 Å². The van der Waals surface area contributed by atoms with Gasteiger partial charge in [-0.3, -0.25) is 4.79 Å². The first-order valence-corrected chi connectivity index (χ1v) is 8.31. The predicted molar refractivity (Wildman–Crippen MR) is 85.4 cm³/mol. The van der Waals surface area contributed by atoms with Gasteiger partial charge in [-0.05, 0) is 56.2 Å². The quantitative estimate of drug-likeness (QED) is 0.923. The second-order valence-corrected chi connectivity index (χ2v) is 6.43. The van der Waals surface area contributed by atoms with Crippen LogP contribution in [0.25, 0.3) is 0 Å². The number of carbonyl (C=O) groups is 1. The Morgan fingerprint density at radius 3 is 3.00 bits per heavy atom. The molecule has 1 saturated heterocycles.